The fourth-order valence-electron chi connectivity index (χ4n) is 1.95. The van der Waals surface area contributed by atoms with Crippen LogP contribution in [0.2, 0.25) is 20.1 Å². The van der Waals surface area contributed by atoms with Crippen molar-refractivity contribution in [1.82, 2.24) is 0 Å². The minimum Gasteiger partial charge on any atom is -0.478 e. The third-order valence-electron chi connectivity index (χ3n) is 3.18. The van der Waals surface area contributed by atoms with Crippen molar-refractivity contribution in [2.24, 2.45) is 0 Å². The summed E-state index contributed by atoms with van der Waals surface area (Å²) in [5.41, 5.74) is 0.929. The van der Waals surface area contributed by atoms with Crippen LogP contribution < -0.4 is 0 Å². The molecule has 0 amide bonds. The normalized spacial score (nSPS) is 11.4. The van der Waals surface area contributed by atoms with Crippen LogP contribution in [0.3, 0.4) is 0 Å². The first-order valence-corrected chi connectivity index (χ1v) is 9.49. The number of carbonyl (C=O) groups is 2. The Hall–Kier alpha value is -1.63. The molecule has 0 aromatic heterocycles. The highest BCUT2D eigenvalue weighted by Gasteiger charge is 2.14. The maximum Gasteiger partial charge on any atom is 0.328 e. The summed E-state index contributed by atoms with van der Waals surface area (Å²) in [6.45, 7) is 0. The molecule has 2 aromatic rings. The lowest BCUT2D eigenvalue weighted by molar-refractivity contribution is -0.132. The molecule has 9 heteroatoms. The molecule has 2 aromatic carbocycles. The van der Waals surface area contributed by atoms with Gasteiger partial charge in [0.25, 0.3) is 0 Å². The van der Waals surface area contributed by atoms with Crippen LogP contribution >= 0.6 is 58.2 Å². The predicted octanol–water partition coefficient (Wildman–Crippen LogP) is 6.65. The topological polar surface area (TPSA) is 74.6 Å². The SMILES string of the molecule is O=C(O)C=Cc1ccc(Sc2ccc(C=CC(=O)O)c(Cl)c2Cl)c(Cl)c1Cl. The zero-order valence-electron chi connectivity index (χ0n) is 13.2. The standard InChI is InChI=1S/C18H10Cl4O4S/c19-15-9(3-7-13(23)24)1-5-11(17(15)21)27-12-6-2-10(4-8-14(25)26)16(20)18(12)22/h1-8H,(H,23,24)(H,25,26). The minimum atomic E-state index is -1.10. The van der Waals surface area contributed by atoms with Gasteiger partial charge in [0.15, 0.2) is 0 Å². The molecule has 2 N–H and O–H groups in total. The molecule has 0 aliphatic rings. The van der Waals surface area contributed by atoms with Gasteiger partial charge in [0.1, 0.15) is 0 Å². The molecule has 0 spiro atoms. The van der Waals surface area contributed by atoms with Gasteiger partial charge in [0, 0.05) is 21.9 Å². The van der Waals surface area contributed by atoms with E-state index < -0.39 is 11.9 Å². The maximum atomic E-state index is 10.6. The second kappa shape index (κ2) is 9.53. The predicted molar refractivity (Wildman–Crippen MR) is 110 cm³/mol. The first-order valence-electron chi connectivity index (χ1n) is 7.16. The Labute approximate surface area is 179 Å². The number of rotatable bonds is 6. The van der Waals surface area contributed by atoms with Crippen molar-refractivity contribution >= 4 is 82.3 Å². The number of carboxylic acid groups (broad SMARTS) is 2. The fourth-order valence-corrected chi connectivity index (χ4v) is 3.98. The zero-order chi connectivity index (χ0) is 20.1. The Morgan fingerprint density at radius 1 is 0.704 bits per heavy atom. The highest BCUT2D eigenvalue weighted by molar-refractivity contribution is 7.99. The monoisotopic (exact) mass is 462 g/mol. The first-order chi connectivity index (χ1) is 12.7. The average molecular weight is 464 g/mol. The molecule has 0 saturated carbocycles. The molecule has 4 nitrogen and oxygen atoms in total. The van der Waals surface area contributed by atoms with Gasteiger partial charge in [-0.15, -0.1) is 0 Å². The second-order valence-corrected chi connectivity index (χ2v) is 7.60. The van der Waals surface area contributed by atoms with E-state index in [0.29, 0.717) is 20.9 Å². The van der Waals surface area contributed by atoms with E-state index in [1.54, 1.807) is 24.3 Å². The molecule has 0 fully saturated rings. The van der Waals surface area contributed by atoms with Crippen LogP contribution in [0, 0.1) is 0 Å². The Morgan fingerprint density at radius 3 is 1.41 bits per heavy atom. The number of carboxylic acids is 2. The zero-order valence-corrected chi connectivity index (χ0v) is 17.1. The molecule has 0 saturated heterocycles. The lowest BCUT2D eigenvalue weighted by Crippen LogP contribution is -1.88. The van der Waals surface area contributed by atoms with Crippen molar-refractivity contribution in [2.75, 3.05) is 0 Å². The number of hydrogen-bond donors (Lipinski definition) is 2. The Balaban J connectivity index is 2.35. The van der Waals surface area contributed by atoms with E-state index in [2.05, 4.69) is 0 Å². The van der Waals surface area contributed by atoms with E-state index in [-0.39, 0.29) is 20.1 Å². The third-order valence-corrected chi connectivity index (χ3v) is 6.32. The highest BCUT2D eigenvalue weighted by atomic mass is 35.5. The molecule has 0 bridgehead atoms. The summed E-state index contributed by atoms with van der Waals surface area (Å²) in [6, 6.07) is 6.64. The van der Waals surface area contributed by atoms with Gasteiger partial charge in [0.2, 0.25) is 0 Å². The molecule has 0 atom stereocenters. The molecule has 0 aliphatic carbocycles. The van der Waals surface area contributed by atoms with Gasteiger partial charge in [-0.2, -0.15) is 0 Å². The number of hydrogen-bond acceptors (Lipinski definition) is 3. The van der Waals surface area contributed by atoms with Gasteiger partial charge in [-0.25, -0.2) is 9.59 Å². The first kappa shape index (κ1) is 21.7. The van der Waals surface area contributed by atoms with E-state index in [1.165, 1.54) is 23.9 Å². The van der Waals surface area contributed by atoms with E-state index in [9.17, 15) is 9.59 Å². The van der Waals surface area contributed by atoms with Crippen LogP contribution in [0.4, 0.5) is 0 Å². The molecule has 0 unspecified atom stereocenters. The van der Waals surface area contributed by atoms with Crippen LogP contribution in [-0.2, 0) is 9.59 Å². The fraction of sp³-hybridized carbons (Fsp3) is 0. The number of benzene rings is 2. The Bertz CT molecular complexity index is 893. The van der Waals surface area contributed by atoms with Crippen LogP contribution in [0.15, 0.2) is 46.2 Å². The lowest BCUT2D eigenvalue weighted by atomic mass is 10.2. The van der Waals surface area contributed by atoms with Crippen LogP contribution in [-0.4, -0.2) is 22.2 Å². The van der Waals surface area contributed by atoms with Gasteiger partial charge in [0.05, 0.1) is 20.1 Å². The van der Waals surface area contributed by atoms with Crippen LogP contribution in [0.1, 0.15) is 11.1 Å². The molecule has 27 heavy (non-hydrogen) atoms. The van der Waals surface area contributed by atoms with Gasteiger partial charge >= 0.3 is 11.9 Å². The molecular formula is C18H10Cl4O4S. The van der Waals surface area contributed by atoms with E-state index >= 15 is 0 Å². The van der Waals surface area contributed by atoms with Crippen molar-refractivity contribution in [3.63, 3.8) is 0 Å². The lowest BCUT2D eigenvalue weighted by Gasteiger charge is -2.11. The number of aliphatic carboxylic acids is 2. The highest BCUT2D eigenvalue weighted by Crippen LogP contribution is 2.43. The van der Waals surface area contributed by atoms with Crippen molar-refractivity contribution in [2.45, 2.75) is 9.79 Å². The molecular weight excluding hydrogens is 454 g/mol. The van der Waals surface area contributed by atoms with E-state index in [0.717, 1.165) is 12.2 Å². The van der Waals surface area contributed by atoms with Crippen molar-refractivity contribution in [3.05, 3.63) is 67.6 Å². The van der Waals surface area contributed by atoms with Crippen LogP contribution in [0.5, 0.6) is 0 Å². The Morgan fingerprint density at radius 2 is 1.07 bits per heavy atom. The van der Waals surface area contributed by atoms with E-state index in [4.69, 9.17) is 56.6 Å². The van der Waals surface area contributed by atoms with Crippen molar-refractivity contribution in [3.8, 4) is 0 Å². The van der Waals surface area contributed by atoms with Crippen LogP contribution in [0.25, 0.3) is 12.2 Å². The molecule has 2 rings (SSSR count). The molecule has 140 valence electrons. The third kappa shape index (κ3) is 5.67. The summed E-state index contributed by atoms with van der Waals surface area (Å²) >= 11 is 26.2. The molecule has 0 heterocycles. The maximum absolute atomic E-state index is 10.6. The summed E-state index contributed by atoms with van der Waals surface area (Å²) in [6.07, 6.45) is 4.62. The largest absolute Gasteiger partial charge is 0.478 e. The van der Waals surface area contributed by atoms with Crippen molar-refractivity contribution < 1.29 is 19.8 Å². The van der Waals surface area contributed by atoms with Gasteiger partial charge in [-0.05, 0) is 35.4 Å². The molecule has 0 aliphatic heterocycles. The molecule has 0 radical (unpaired) electrons. The van der Waals surface area contributed by atoms with Gasteiger partial charge in [-0.3, -0.25) is 0 Å². The summed E-state index contributed by atoms with van der Waals surface area (Å²) < 4.78 is 0. The summed E-state index contributed by atoms with van der Waals surface area (Å²) in [7, 11) is 0. The summed E-state index contributed by atoms with van der Waals surface area (Å²) in [5.74, 6) is -2.20. The minimum absolute atomic E-state index is 0.211. The second-order valence-electron chi connectivity index (χ2n) is 5.01. The number of halogens is 4. The summed E-state index contributed by atoms with van der Waals surface area (Å²) in [5, 5.41) is 18.3. The summed E-state index contributed by atoms with van der Waals surface area (Å²) in [4.78, 5) is 22.4. The van der Waals surface area contributed by atoms with Gasteiger partial charge < -0.3 is 10.2 Å². The Kier molecular flexibility index (Phi) is 7.65. The van der Waals surface area contributed by atoms with Gasteiger partial charge in [-0.1, -0.05) is 70.3 Å². The smallest absolute Gasteiger partial charge is 0.328 e. The average Bonchev–Trinajstić information content (AvgIpc) is 2.61. The van der Waals surface area contributed by atoms with Crippen molar-refractivity contribution in [1.29, 1.82) is 0 Å². The van der Waals surface area contributed by atoms with E-state index in [1.807, 2.05) is 0 Å². The quantitative estimate of drug-likeness (QED) is 0.469.